The van der Waals surface area contributed by atoms with Crippen LogP contribution in [0.3, 0.4) is 0 Å². The van der Waals surface area contributed by atoms with Crippen LogP contribution in [0, 0.1) is 11.3 Å². The SMILES string of the molecule is CC(C)(C)[C@H]1CCN(C(=O)C(N)=O)C1. The summed E-state index contributed by atoms with van der Waals surface area (Å²) in [5, 5.41) is 0. The zero-order valence-electron chi connectivity index (χ0n) is 9.04. The van der Waals surface area contributed by atoms with Crippen LogP contribution in [-0.4, -0.2) is 29.8 Å². The molecule has 2 amide bonds. The molecule has 14 heavy (non-hydrogen) atoms. The van der Waals surface area contributed by atoms with E-state index in [1.807, 2.05) is 0 Å². The fraction of sp³-hybridized carbons (Fsp3) is 0.800. The van der Waals surface area contributed by atoms with E-state index in [0.717, 1.165) is 6.42 Å². The summed E-state index contributed by atoms with van der Waals surface area (Å²) in [6.45, 7) is 7.76. The van der Waals surface area contributed by atoms with Crippen LogP contribution in [0.2, 0.25) is 0 Å². The summed E-state index contributed by atoms with van der Waals surface area (Å²) in [6, 6.07) is 0. The van der Waals surface area contributed by atoms with Crippen molar-refractivity contribution in [2.45, 2.75) is 27.2 Å². The van der Waals surface area contributed by atoms with E-state index in [9.17, 15) is 9.59 Å². The first-order valence-corrected chi connectivity index (χ1v) is 4.91. The summed E-state index contributed by atoms with van der Waals surface area (Å²) in [5.74, 6) is -0.929. The molecule has 0 radical (unpaired) electrons. The van der Waals surface area contributed by atoms with Gasteiger partial charge in [-0.3, -0.25) is 9.59 Å². The molecule has 0 aromatic heterocycles. The van der Waals surface area contributed by atoms with E-state index in [1.165, 1.54) is 0 Å². The van der Waals surface area contributed by atoms with E-state index in [0.29, 0.717) is 19.0 Å². The number of hydrogen-bond acceptors (Lipinski definition) is 2. The molecule has 1 aliphatic rings. The molecule has 1 fully saturated rings. The van der Waals surface area contributed by atoms with Gasteiger partial charge in [0, 0.05) is 13.1 Å². The summed E-state index contributed by atoms with van der Waals surface area (Å²) in [4.78, 5) is 23.5. The highest BCUT2D eigenvalue weighted by Gasteiger charge is 2.34. The largest absolute Gasteiger partial charge is 0.361 e. The third-order valence-electron chi connectivity index (χ3n) is 2.91. The minimum atomic E-state index is -0.848. The zero-order valence-corrected chi connectivity index (χ0v) is 9.04. The normalized spacial score (nSPS) is 22.5. The highest BCUT2D eigenvalue weighted by Crippen LogP contribution is 2.33. The van der Waals surface area contributed by atoms with Crippen LogP contribution < -0.4 is 5.73 Å². The van der Waals surface area contributed by atoms with Gasteiger partial charge in [-0.1, -0.05) is 20.8 Å². The van der Waals surface area contributed by atoms with E-state index in [4.69, 9.17) is 5.73 Å². The molecule has 2 N–H and O–H groups in total. The lowest BCUT2D eigenvalue weighted by atomic mass is 9.80. The minimum absolute atomic E-state index is 0.187. The first-order chi connectivity index (χ1) is 6.32. The van der Waals surface area contributed by atoms with Gasteiger partial charge in [-0.05, 0) is 17.8 Å². The van der Waals surface area contributed by atoms with Crippen molar-refractivity contribution in [2.24, 2.45) is 17.1 Å². The molecule has 0 aromatic rings. The van der Waals surface area contributed by atoms with Gasteiger partial charge in [-0.2, -0.15) is 0 Å². The molecule has 0 unspecified atom stereocenters. The maximum absolute atomic E-state index is 11.3. The number of nitrogens with zero attached hydrogens (tertiary/aromatic N) is 1. The first-order valence-electron chi connectivity index (χ1n) is 4.91. The van der Waals surface area contributed by atoms with E-state index >= 15 is 0 Å². The van der Waals surface area contributed by atoms with Crippen molar-refractivity contribution in [3.05, 3.63) is 0 Å². The molecule has 0 saturated carbocycles. The summed E-state index contributed by atoms with van der Waals surface area (Å²) in [7, 11) is 0. The fourth-order valence-corrected chi connectivity index (χ4v) is 1.81. The lowest BCUT2D eigenvalue weighted by Gasteiger charge is -2.26. The number of nitrogens with two attached hydrogens (primary N) is 1. The van der Waals surface area contributed by atoms with Crippen molar-refractivity contribution < 1.29 is 9.59 Å². The predicted molar refractivity (Wildman–Crippen MR) is 53.3 cm³/mol. The van der Waals surface area contributed by atoms with Gasteiger partial charge < -0.3 is 10.6 Å². The Morgan fingerprint density at radius 1 is 1.36 bits per heavy atom. The van der Waals surface area contributed by atoms with Gasteiger partial charge in [0.15, 0.2) is 0 Å². The van der Waals surface area contributed by atoms with Crippen LogP contribution in [0.1, 0.15) is 27.2 Å². The van der Waals surface area contributed by atoms with Gasteiger partial charge >= 0.3 is 11.8 Å². The Bertz CT molecular complexity index is 255. The van der Waals surface area contributed by atoms with E-state index in [-0.39, 0.29) is 5.41 Å². The Morgan fingerprint density at radius 3 is 2.29 bits per heavy atom. The standard InChI is InChI=1S/C10H18N2O2/c1-10(2,3)7-4-5-12(6-7)9(14)8(11)13/h7H,4-6H2,1-3H3,(H2,11,13)/t7-/m0/s1. The maximum Gasteiger partial charge on any atom is 0.311 e. The number of likely N-dealkylation sites (tertiary alicyclic amines) is 1. The van der Waals surface area contributed by atoms with E-state index < -0.39 is 11.8 Å². The molecule has 1 saturated heterocycles. The highest BCUT2D eigenvalue weighted by atomic mass is 16.2. The monoisotopic (exact) mass is 198 g/mol. The van der Waals surface area contributed by atoms with Crippen molar-refractivity contribution in [1.29, 1.82) is 0 Å². The van der Waals surface area contributed by atoms with Crippen molar-refractivity contribution in [3.8, 4) is 0 Å². The number of rotatable bonds is 0. The lowest BCUT2D eigenvalue weighted by molar-refractivity contribution is -0.143. The Kier molecular flexibility index (Phi) is 2.83. The quantitative estimate of drug-likeness (QED) is 0.571. The Hall–Kier alpha value is -1.06. The molecule has 1 heterocycles. The van der Waals surface area contributed by atoms with E-state index in [2.05, 4.69) is 20.8 Å². The second kappa shape index (κ2) is 3.59. The van der Waals surface area contributed by atoms with Crippen molar-refractivity contribution in [3.63, 3.8) is 0 Å². The Morgan fingerprint density at radius 2 is 1.93 bits per heavy atom. The van der Waals surface area contributed by atoms with Crippen LogP contribution in [0.15, 0.2) is 0 Å². The van der Waals surface area contributed by atoms with Crippen LogP contribution in [0.25, 0.3) is 0 Å². The molecule has 0 bridgehead atoms. The second-order valence-corrected chi connectivity index (χ2v) is 4.97. The van der Waals surface area contributed by atoms with Crippen LogP contribution in [0.5, 0.6) is 0 Å². The summed E-state index contributed by atoms with van der Waals surface area (Å²) in [6.07, 6.45) is 0.961. The van der Waals surface area contributed by atoms with Crippen molar-refractivity contribution >= 4 is 11.8 Å². The van der Waals surface area contributed by atoms with Gasteiger partial charge in [0.05, 0.1) is 0 Å². The third kappa shape index (κ3) is 2.25. The molecule has 1 rings (SSSR count). The molecule has 0 aliphatic carbocycles. The highest BCUT2D eigenvalue weighted by molar-refractivity contribution is 6.34. The number of hydrogen-bond donors (Lipinski definition) is 1. The predicted octanol–water partition coefficient (Wildman–Crippen LogP) is 0.366. The summed E-state index contributed by atoms with van der Waals surface area (Å²) in [5.41, 5.74) is 5.13. The smallest absolute Gasteiger partial charge is 0.311 e. The van der Waals surface area contributed by atoms with Gasteiger partial charge in [-0.25, -0.2) is 0 Å². The fourth-order valence-electron chi connectivity index (χ4n) is 1.81. The van der Waals surface area contributed by atoms with Crippen LogP contribution >= 0.6 is 0 Å². The lowest BCUT2D eigenvalue weighted by Crippen LogP contribution is -2.39. The maximum atomic E-state index is 11.3. The molecule has 0 aromatic carbocycles. The van der Waals surface area contributed by atoms with Gasteiger partial charge in [0.1, 0.15) is 0 Å². The van der Waals surface area contributed by atoms with Gasteiger partial charge in [0.25, 0.3) is 0 Å². The molecule has 1 aliphatic heterocycles. The third-order valence-corrected chi connectivity index (χ3v) is 2.91. The topological polar surface area (TPSA) is 63.4 Å². The number of carbonyl (C=O) groups is 2. The zero-order chi connectivity index (χ0) is 10.9. The van der Waals surface area contributed by atoms with Crippen molar-refractivity contribution in [2.75, 3.05) is 13.1 Å². The van der Waals surface area contributed by atoms with Crippen LogP contribution in [0.4, 0.5) is 0 Å². The molecular formula is C10H18N2O2. The van der Waals surface area contributed by atoms with Gasteiger partial charge in [0.2, 0.25) is 0 Å². The summed E-state index contributed by atoms with van der Waals surface area (Å²) >= 11 is 0. The first kappa shape index (κ1) is 11.0. The van der Waals surface area contributed by atoms with Crippen LogP contribution in [-0.2, 0) is 9.59 Å². The van der Waals surface area contributed by atoms with E-state index in [1.54, 1.807) is 4.90 Å². The number of carbonyl (C=O) groups excluding carboxylic acids is 2. The number of primary amides is 1. The molecule has 80 valence electrons. The summed E-state index contributed by atoms with van der Waals surface area (Å²) < 4.78 is 0. The second-order valence-electron chi connectivity index (χ2n) is 4.97. The average molecular weight is 198 g/mol. The Labute approximate surface area is 84.4 Å². The number of amides is 2. The van der Waals surface area contributed by atoms with Gasteiger partial charge in [-0.15, -0.1) is 0 Å². The molecular weight excluding hydrogens is 180 g/mol. The molecule has 4 heteroatoms. The minimum Gasteiger partial charge on any atom is -0.361 e. The molecule has 1 atom stereocenters. The molecule has 0 spiro atoms. The van der Waals surface area contributed by atoms with Crippen molar-refractivity contribution in [1.82, 2.24) is 4.90 Å². The Balaban J connectivity index is 2.58. The average Bonchev–Trinajstić information content (AvgIpc) is 2.49. The molecule has 4 nitrogen and oxygen atoms in total.